The number of para-hydroxylation sites is 2. The fraction of sp³-hybridized carbons (Fsp3) is 0.316. The molecular formula is C19H19NO3. The number of amides is 1. The maximum atomic E-state index is 13.1. The second-order valence-corrected chi connectivity index (χ2v) is 6.04. The number of hydrogen-bond donors (Lipinski definition) is 0. The van der Waals surface area contributed by atoms with Crippen molar-refractivity contribution in [3.05, 3.63) is 53.6 Å². The van der Waals surface area contributed by atoms with E-state index in [4.69, 9.17) is 9.47 Å². The third-order valence-electron chi connectivity index (χ3n) is 4.59. The Morgan fingerprint density at radius 2 is 1.91 bits per heavy atom. The Bertz CT molecular complexity index is 756. The lowest BCUT2D eigenvalue weighted by molar-refractivity contribution is 0.0973. The van der Waals surface area contributed by atoms with E-state index in [-0.39, 0.29) is 5.91 Å². The van der Waals surface area contributed by atoms with Crippen molar-refractivity contribution in [1.82, 2.24) is 0 Å². The van der Waals surface area contributed by atoms with Gasteiger partial charge in [0, 0.05) is 12.2 Å². The molecule has 4 rings (SSSR count). The molecule has 4 heteroatoms. The molecule has 2 aliphatic rings. The summed E-state index contributed by atoms with van der Waals surface area (Å²) in [7, 11) is 0. The van der Waals surface area contributed by atoms with E-state index in [1.165, 1.54) is 5.56 Å². The van der Waals surface area contributed by atoms with E-state index in [0.717, 1.165) is 18.7 Å². The number of hydrogen-bond acceptors (Lipinski definition) is 3. The lowest BCUT2D eigenvalue weighted by Crippen LogP contribution is -2.36. The van der Waals surface area contributed by atoms with Gasteiger partial charge in [0.2, 0.25) is 0 Å². The fourth-order valence-electron chi connectivity index (χ4n) is 3.35. The lowest BCUT2D eigenvalue weighted by atomic mass is 9.91. The number of fused-ring (bicyclic) bond motifs is 2. The first kappa shape index (κ1) is 14.1. The summed E-state index contributed by atoms with van der Waals surface area (Å²) >= 11 is 0. The highest BCUT2D eigenvalue weighted by atomic mass is 16.6. The third kappa shape index (κ3) is 2.34. The first-order valence-electron chi connectivity index (χ1n) is 8.05. The summed E-state index contributed by atoms with van der Waals surface area (Å²) in [4.78, 5) is 15.0. The van der Waals surface area contributed by atoms with Gasteiger partial charge in [-0.25, -0.2) is 0 Å². The van der Waals surface area contributed by atoms with Crippen LogP contribution in [0.1, 0.15) is 35.2 Å². The van der Waals surface area contributed by atoms with E-state index in [2.05, 4.69) is 13.0 Å². The summed E-state index contributed by atoms with van der Waals surface area (Å²) < 4.78 is 11.3. The van der Waals surface area contributed by atoms with Crippen LogP contribution in [0.3, 0.4) is 0 Å². The molecule has 2 heterocycles. The molecule has 2 aliphatic heterocycles. The molecule has 0 saturated heterocycles. The molecule has 1 amide bonds. The van der Waals surface area contributed by atoms with Gasteiger partial charge in [-0.3, -0.25) is 4.79 Å². The number of ether oxygens (including phenoxy) is 2. The van der Waals surface area contributed by atoms with E-state index in [9.17, 15) is 4.79 Å². The molecule has 23 heavy (non-hydrogen) atoms. The number of benzene rings is 2. The maximum absolute atomic E-state index is 13.1. The molecule has 0 saturated carbocycles. The van der Waals surface area contributed by atoms with Crippen LogP contribution < -0.4 is 14.4 Å². The summed E-state index contributed by atoms with van der Waals surface area (Å²) in [5, 5.41) is 0. The Morgan fingerprint density at radius 1 is 1.09 bits per heavy atom. The zero-order chi connectivity index (χ0) is 15.8. The van der Waals surface area contributed by atoms with Gasteiger partial charge >= 0.3 is 0 Å². The summed E-state index contributed by atoms with van der Waals surface area (Å²) in [6, 6.07) is 13.7. The summed E-state index contributed by atoms with van der Waals surface area (Å²) in [6.07, 6.45) is 0.967. The Hall–Kier alpha value is -2.49. The van der Waals surface area contributed by atoms with Crippen molar-refractivity contribution in [2.24, 2.45) is 0 Å². The van der Waals surface area contributed by atoms with Gasteiger partial charge in [-0.15, -0.1) is 0 Å². The van der Waals surface area contributed by atoms with E-state index < -0.39 is 0 Å². The highest BCUT2D eigenvalue weighted by molar-refractivity contribution is 6.09. The second kappa shape index (κ2) is 5.61. The number of carbonyl (C=O) groups excluding carboxylic acids is 1. The third-order valence-corrected chi connectivity index (χ3v) is 4.59. The number of carbonyl (C=O) groups is 1. The topological polar surface area (TPSA) is 38.8 Å². The Morgan fingerprint density at radius 3 is 2.83 bits per heavy atom. The summed E-state index contributed by atoms with van der Waals surface area (Å²) in [5.41, 5.74) is 2.81. The minimum Gasteiger partial charge on any atom is -0.486 e. The normalized spacial score (nSPS) is 19.2. The van der Waals surface area contributed by atoms with Crippen molar-refractivity contribution in [3.8, 4) is 11.5 Å². The van der Waals surface area contributed by atoms with E-state index in [0.29, 0.717) is 36.2 Å². The minimum absolute atomic E-state index is 0.0216. The van der Waals surface area contributed by atoms with Crippen LogP contribution in [-0.4, -0.2) is 25.7 Å². The van der Waals surface area contributed by atoms with Gasteiger partial charge in [0.25, 0.3) is 5.91 Å². The van der Waals surface area contributed by atoms with Crippen molar-refractivity contribution < 1.29 is 14.3 Å². The molecule has 0 radical (unpaired) electrons. The standard InChI is InChI=1S/C19H19NO3/c1-13-9-10-20(16-7-3-2-5-14(13)16)19(21)15-6-4-8-17-18(15)23-12-11-22-17/h2-8,13H,9-12H2,1H3/t13-/m0/s1. The largest absolute Gasteiger partial charge is 0.486 e. The SMILES string of the molecule is C[C@H]1CCN(C(=O)c2cccc3c2OCCO3)c2ccccc21. The highest BCUT2D eigenvalue weighted by Gasteiger charge is 2.30. The Labute approximate surface area is 135 Å². The van der Waals surface area contributed by atoms with E-state index >= 15 is 0 Å². The predicted molar refractivity (Wildman–Crippen MR) is 88.6 cm³/mol. The highest BCUT2D eigenvalue weighted by Crippen LogP contribution is 2.38. The monoisotopic (exact) mass is 309 g/mol. The molecule has 0 fully saturated rings. The molecule has 1 atom stereocenters. The van der Waals surface area contributed by atoms with Gasteiger partial charge in [-0.05, 0) is 36.1 Å². The molecule has 0 spiro atoms. The first-order chi connectivity index (χ1) is 11.3. The number of anilines is 1. The zero-order valence-electron chi connectivity index (χ0n) is 13.1. The molecule has 0 aromatic heterocycles. The smallest absolute Gasteiger partial charge is 0.262 e. The molecule has 118 valence electrons. The van der Waals surface area contributed by atoms with Gasteiger partial charge in [-0.2, -0.15) is 0 Å². The summed E-state index contributed by atoms with van der Waals surface area (Å²) in [6.45, 7) is 3.93. The predicted octanol–water partition coefficient (Wildman–Crippen LogP) is 3.61. The van der Waals surface area contributed by atoms with Crippen LogP contribution in [0, 0.1) is 0 Å². The molecule has 0 N–H and O–H groups in total. The fourth-order valence-corrected chi connectivity index (χ4v) is 3.35. The number of rotatable bonds is 1. The van der Waals surface area contributed by atoms with Gasteiger partial charge in [0.1, 0.15) is 13.2 Å². The van der Waals surface area contributed by atoms with Crippen LogP contribution in [0.15, 0.2) is 42.5 Å². The summed E-state index contributed by atoms with van der Waals surface area (Å²) in [5.74, 6) is 1.67. The molecular weight excluding hydrogens is 290 g/mol. The van der Waals surface area contributed by atoms with E-state index in [1.807, 2.05) is 41.3 Å². The first-order valence-corrected chi connectivity index (χ1v) is 8.05. The van der Waals surface area contributed by atoms with Crippen molar-refractivity contribution >= 4 is 11.6 Å². The average Bonchev–Trinajstić information content (AvgIpc) is 2.61. The average molecular weight is 309 g/mol. The van der Waals surface area contributed by atoms with Crippen LogP contribution in [-0.2, 0) is 0 Å². The molecule has 2 aromatic rings. The van der Waals surface area contributed by atoms with Crippen LogP contribution >= 0.6 is 0 Å². The molecule has 0 aliphatic carbocycles. The molecule has 2 aromatic carbocycles. The van der Waals surface area contributed by atoms with Crippen molar-refractivity contribution in [3.63, 3.8) is 0 Å². The van der Waals surface area contributed by atoms with Crippen LogP contribution in [0.5, 0.6) is 11.5 Å². The van der Waals surface area contributed by atoms with Gasteiger partial charge in [-0.1, -0.05) is 31.2 Å². The van der Waals surface area contributed by atoms with Crippen LogP contribution in [0.2, 0.25) is 0 Å². The van der Waals surface area contributed by atoms with Crippen molar-refractivity contribution in [2.45, 2.75) is 19.3 Å². The quantitative estimate of drug-likeness (QED) is 0.808. The van der Waals surface area contributed by atoms with E-state index in [1.54, 1.807) is 0 Å². The zero-order valence-corrected chi connectivity index (χ0v) is 13.1. The van der Waals surface area contributed by atoms with Gasteiger partial charge in [0.15, 0.2) is 11.5 Å². The second-order valence-electron chi connectivity index (χ2n) is 6.04. The van der Waals surface area contributed by atoms with Crippen LogP contribution in [0.4, 0.5) is 5.69 Å². The Balaban J connectivity index is 1.75. The molecule has 4 nitrogen and oxygen atoms in total. The number of nitrogens with zero attached hydrogens (tertiary/aromatic N) is 1. The minimum atomic E-state index is -0.0216. The maximum Gasteiger partial charge on any atom is 0.262 e. The molecule has 0 bridgehead atoms. The van der Waals surface area contributed by atoms with Gasteiger partial charge in [0.05, 0.1) is 5.56 Å². The van der Waals surface area contributed by atoms with Crippen molar-refractivity contribution in [2.75, 3.05) is 24.7 Å². The van der Waals surface area contributed by atoms with Gasteiger partial charge < -0.3 is 14.4 Å². The molecule has 0 unspecified atom stereocenters. The van der Waals surface area contributed by atoms with Crippen molar-refractivity contribution in [1.29, 1.82) is 0 Å². The lowest BCUT2D eigenvalue weighted by Gasteiger charge is -2.33. The Kier molecular flexibility index (Phi) is 3.45. The van der Waals surface area contributed by atoms with Crippen LogP contribution in [0.25, 0.3) is 0 Å².